The van der Waals surface area contributed by atoms with E-state index >= 15 is 0 Å². The van der Waals surface area contributed by atoms with Gasteiger partial charge in [0.25, 0.3) is 0 Å². The summed E-state index contributed by atoms with van der Waals surface area (Å²) in [5.74, 6) is 0.399. The van der Waals surface area contributed by atoms with Crippen molar-refractivity contribution in [2.75, 3.05) is 25.0 Å². The highest BCUT2D eigenvalue weighted by Crippen LogP contribution is 2.22. The molecule has 3 rings (SSSR count). The van der Waals surface area contributed by atoms with E-state index in [1.165, 1.54) is 5.56 Å². The standard InChI is InChI=1S/C17H22N4O3/c1-12-17(20-24-19-12)18-16(23)11-21-8-7-14(15(22)10-21)9-13-5-3-2-4-6-13/h2-6,14-15,22H,7-11H2,1H3,(H,18,20,23)/t14-,15+/m1/s1. The van der Waals surface area contributed by atoms with Gasteiger partial charge in [-0.25, -0.2) is 4.63 Å². The normalized spacial score (nSPS) is 21.6. The molecule has 0 bridgehead atoms. The molecule has 2 atom stereocenters. The number of aliphatic hydroxyl groups excluding tert-OH is 1. The number of benzene rings is 1. The first kappa shape index (κ1) is 16.6. The topological polar surface area (TPSA) is 91.5 Å². The van der Waals surface area contributed by atoms with Crippen LogP contribution in [0.3, 0.4) is 0 Å². The third kappa shape index (κ3) is 4.18. The zero-order chi connectivity index (χ0) is 16.9. The molecule has 0 unspecified atom stereocenters. The maximum Gasteiger partial charge on any atom is 0.239 e. The minimum Gasteiger partial charge on any atom is -0.391 e. The van der Waals surface area contributed by atoms with Gasteiger partial charge in [-0.15, -0.1) is 0 Å². The molecule has 2 N–H and O–H groups in total. The van der Waals surface area contributed by atoms with Crippen LogP contribution >= 0.6 is 0 Å². The number of β-amino-alcohol motifs (C(OH)–C–C–N with tert-alkyl or cyclic N) is 1. The molecule has 128 valence electrons. The Hall–Kier alpha value is -2.25. The number of amides is 1. The largest absolute Gasteiger partial charge is 0.391 e. The van der Waals surface area contributed by atoms with Gasteiger partial charge in [0.05, 0.1) is 12.6 Å². The molecule has 1 fully saturated rings. The predicted octanol–water partition coefficient (Wildman–Crippen LogP) is 1.24. The summed E-state index contributed by atoms with van der Waals surface area (Å²) in [5, 5.41) is 20.3. The molecule has 2 heterocycles. The van der Waals surface area contributed by atoms with Gasteiger partial charge in [0.1, 0.15) is 5.69 Å². The fraction of sp³-hybridized carbons (Fsp3) is 0.471. The summed E-state index contributed by atoms with van der Waals surface area (Å²) in [6.07, 6.45) is 1.31. The number of aromatic nitrogens is 2. The van der Waals surface area contributed by atoms with Crippen LogP contribution in [0.5, 0.6) is 0 Å². The van der Waals surface area contributed by atoms with Crippen molar-refractivity contribution in [3.8, 4) is 0 Å². The van der Waals surface area contributed by atoms with Gasteiger partial charge in [-0.3, -0.25) is 9.69 Å². The number of likely N-dealkylation sites (tertiary alicyclic amines) is 1. The van der Waals surface area contributed by atoms with Gasteiger partial charge >= 0.3 is 0 Å². The number of anilines is 1. The minimum absolute atomic E-state index is 0.178. The molecule has 1 aliphatic heterocycles. The molecular weight excluding hydrogens is 308 g/mol. The molecule has 7 nitrogen and oxygen atoms in total. The quantitative estimate of drug-likeness (QED) is 0.857. The van der Waals surface area contributed by atoms with Crippen molar-refractivity contribution < 1.29 is 14.5 Å². The van der Waals surface area contributed by atoms with Crippen molar-refractivity contribution in [1.29, 1.82) is 0 Å². The van der Waals surface area contributed by atoms with E-state index in [2.05, 4.69) is 32.4 Å². The molecule has 1 aliphatic rings. The van der Waals surface area contributed by atoms with Crippen LogP contribution in [0.1, 0.15) is 17.7 Å². The van der Waals surface area contributed by atoms with E-state index in [4.69, 9.17) is 0 Å². The zero-order valence-corrected chi connectivity index (χ0v) is 13.7. The Morgan fingerprint density at radius 2 is 2.17 bits per heavy atom. The fourth-order valence-electron chi connectivity index (χ4n) is 3.06. The number of hydrogen-bond donors (Lipinski definition) is 2. The van der Waals surface area contributed by atoms with Crippen LogP contribution in [0.4, 0.5) is 5.82 Å². The first-order chi connectivity index (χ1) is 11.6. The molecule has 0 saturated carbocycles. The van der Waals surface area contributed by atoms with Crippen LogP contribution in [0.15, 0.2) is 35.0 Å². The monoisotopic (exact) mass is 330 g/mol. The third-order valence-electron chi connectivity index (χ3n) is 4.42. The second-order valence-corrected chi connectivity index (χ2v) is 6.29. The molecule has 0 radical (unpaired) electrons. The number of aryl methyl sites for hydroxylation is 1. The van der Waals surface area contributed by atoms with Crippen LogP contribution in [0.25, 0.3) is 0 Å². The van der Waals surface area contributed by atoms with E-state index < -0.39 is 6.10 Å². The van der Waals surface area contributed by atoms with Crippen molar-refractivity contribution in [2.24, 2.45) is 5.92 Å². The van der Waals surface area contributed by atoms with Crippen LogP contribution in [-0.4, -0.2) is 52.0 Å². The molecule has 1 aromatic carbocycles. The number of nitrogens with one attached hydrogen (secondary N) is 1. The van der Waals surface area contributed by atoms with Gasteiger partial charge in [-0.05, 0) is 42.9 Å². The molecule has 0 aliphatic carbocycles. The summed E-state index contributed by atoms with van der Waals surface area (Å²) in [6, 6.07) is 10.2. The van der Waals surface area contributed by atoms with E-state index in [1.54, 1.807) is 6.92 Å². The second kappa shape index (κ2) is 7.55. The number of aliphatic hydroxyl groups is 1. The van der Waals surface area contributed by atoms with E-state index in [9.17, 15) is 9.90 Å². The lowest BCUT2D eigenvalue weighted by Crippen LogP contribution is -2.47. The summed E-state index contributed by atoms with van der Waals surface area (Å²) < 4.78 is 4.56. The number of carbonyl (C=O) groups excluding carboxylic acids is 1. The van der Waals surface area contributed by atoms with Gasteiger partial charge in [-0.1, -0.05) is 35.5 Å². The first-order valence-corrected chi connectivity index (χ1v) is 8.15. The number of piperidine rings is 1. The van der Waals surface area contributed by atoms with Gasteiger partial charge in [0.2, 0.25) is 5.91 Å². The lowest BCUT2D eigenvalue weighted by molar-refractivity contribution is -0.118. The molecule has 1 amide bonds. The Labute approximate surface area is 140 Å². The van der Waals surface area contributed by atoms with Crippen LogP contribution < -0.4 is 5.32 Å². The molecular formula is C17H22N4O3. The smallest absolute Gasteiger partial charge is 0.239 e. The van der Waals surface area contributed by atoms with Crippen LogP contribution in [0, 0.1) is 12.8 Å². The number of rotatable bonds is 5. The van der Waals surface area contributed by atoms with E-state index in [1.807, 2.05) is 23.1 Å². The number of carbonyl (C=O) groups is 1. The van der Waals surface area contributed by atoms with Gasteiger partial charge < -0.3 is 10.4 Å². The molecule has 1 aromatic heterocycles. The Morgan fingerprint density at radius 1 is 1.38 bits per heavy atom. The van der Waals surface area contributed by atoms with Crippen LogP contribution in [0.2, 0.25) is 0 Å². The Morgan fingerprint density at radius 3 is 2.83 bits per heavy atom. The first-order valence-electron chi connectivity index (χ1n) is 8.15. The second-order valence-electron chi connectivity index (χ2n) is 6.29. The van der Waals surface area contributed by atoms with Crippen LogP contribution in [-0.2, 0) is 11.2 Å². The van der Waals surface area contributed by atoms with Crippen molar-refractivity contribution >= 4 is 11.7 Å². The molecule has 0 spiro atoms. The highest BCUT2D eigenvalue weighted by Gasteiger charge is 2.28. The third-order valence-corrected chi connectivity index (χ3v) is 4.42. The van der Waals surface area contributed by atoms with E-state index in [0.717, 1.165) is 19.4 Å². The van der Waals surface area contributed by atoms with Crippen molar-refractivity contribution in [1.82, 2.24) is 15.2 Å². The highest BCUT2D eigenvalue weighted by molar-refractivity contribution is 5.91. The molecule has 7 heteroatoms. The van der Waals surface area contributed by atoms with Crippen molar-refractivity contribution in [3.05, 3.63) is 41.6 Å². The maximum atomic E-state index is 12.1. The van der Waals surface area contributed by atoms with E-state index in [-0.39, 0.29) is 18.4 Å². The lowest BCUT2D eigenvalue weighted by Gasteiger charge is -2.35. The van der Waals surface area contributed by atoms with Gasteiger partial charge in [0, 0.05) is 6.54 Å². The highest BCUT2D eigenvalue weighted by atomic mass is 16.6. The average molecular weight is 330 g/mol. The van der Waals surface area contributed by atoms with Gasteiger partial charge in [-0.2, -0.15) is 0 Å². The lowest BCUT2D eigenvalue weighted by atomic mass is 9.88. The Kier molecular flexibility index (Phi) is 5.22. The summed E-state index contributed by atoms with van der Waals surface area (Å²) in [7, 11) is 0. The molecule has 24 heavy (non-hydrogen) atoms. The zero-order valence-electron chi connectivity index (χ0n) is 13.7. The summed E-state index contributed by atoms with van der Waals surface area (Å²) >= 11 is 0. The molecule has 1 saturated heterocycles. The van der Waals surface area contributed by atoms with Crippen molar-refractivity contribution in [2.45, 2.75) is 25.9 Å². The van der Waals surface area contributed by atoms with Crippen molar-refractivity contribution in [3.63, 3.8) is 0 Å². The maximum absolute atomic E-state index is 12.1. The summed E-state index contributed by atoms with van der Waals surface area (Å²) in [4.78, 5) is 14.0. The fourth-order valence-corrected chi connectivity index (χ4v) is 3.06. The van der Waals surface area contributed by atoms with E-state index in [0.29, 0.717) is 18.1 Å². The average Bonchev–Trinajstić information content (AvgIpc) is 2.96. The SMILES string of the molecule is Cc1nonc1NC(=O)CN1CC[C@H](Cc2ccccc2)[C@@H](O)C1. The predicted molar refractivity (Wildman–Crippen MR) is 88.4 cm³/mol. The Balaban J connectivity index is 1.48. The number of nitrogens with zero attached hydrogens (tertiary/aromatic N) is 3. The summed E-state index contributed by atoms with van der Waals surface area (Å²) in [5.41, 5.74) is 1.78. The number of hydrogen-bond acceptors (Lipinski definition) is 6. The minimum atomic E-state index is -0.429. The molecule has 2 aromatic rings. The summed E-state index contributed by atoms with van der Waals surface area (Å²) in [6.45, 7) is 3.23. The van der Waals surface area contributed by atoms with Gasteiger partial charge in [0.15, 0.2) is 5.82 Å². The Bertz CT molecular complexity index is 673.